The van der Waals surface area contributed by atoms with Gasteiger partial charge in [-0.3, -0.25) is 0 Å². The molecule has 0 bridgehead atoms. The summed E-state index contributed by atoms with van der Waals surface area (Å²) in [5.41, 5.74) is 3.61. The minimum Gasteiger partial charge on any atom is -0.338 e. The van der Waals surface area contributed by atoms with E-state index in [9.17, 15) is 0 Å². The predicted octanol–water partition coefficient (Wildman–Crippen LogP) is 3.28. The zero-order valence-electron chi connectivity index (χ0n) is 14.5. The monoisotopic (exact) mass is 367 g/mol. The first-order chi connectivity index (χ1) is 12.7. The molecule has 0 saturated carbocycles. The van der Waals surface area contributed by atoms with Crippen molar-refractivity contribution in [2.24, 2.45) is 0 Å². The summed E-state index contributed by atoms with van der Waals surface area (Å²) >= 11 is 1.46. The number of benzene rings is 1. The first-order valence-corrected chi connectivity index (χ1v) is 9.30. The minimum absolute atomic E-state index is 0.519. The van der Waals surface area contributed by atoms with Crippen LogP contribution in [-0.4, -0.2) is 35.1 Å². The van der Waals surface area contributed by atoms with Gasteiger partial charge in [-0.25, -0.2) is 14.6 Å². The highest BCUT2D eigenvalue weighted by Crippen LogP contribution is 2.23. The van der Waals surface area contributed by atoms with Gasteiger partial charge in [-0.05, 0) is 37.6 Å². The highest BCUT2D eigenvalue weighted by atomic mass is 32.2. The quantitative estimate of drug-likeness (QED) is 0.378. The van der Waals surface area contributed by atoms with E-state index in [2.05, 4.69) is 37.3 Å². The van der Waals surface area contributed by atoms with E-state index in [1.165, 1.54) is 11.8 Å². The lowest BCUT2D eigenvalue weighted by molar-refractivity contribution is 0.391. The molecule has 0 atom stereocenters. The first kappa shape index (κ1) is 16.6. The molecule has 0 aliphatic heterocycles. The molecule has 9 heteroatoms. The van der Waals surface area contributed by atoms with Crippen molar-refractivity contribution < 1.29 is 4.52 Å². The average Bonchev–Trinajstić information content (AvgIpc) is 3.27. The maximum absolute atomic E-state index is 5.35. The third-order valence-corrected chi connectivity index (χ3v) is 4.62. The summed E-state index contributed by atoms with van der Waals surface area (Å²) in [4.78, 5) is 13.0. The van der Waals surface area contributed by atoms with Crippen LogP contribution in [0.5, 0.6) is 0 Å². The number of aromatic nitrogens is 7. The van der Waals surface area contributed by atoms with Gasteiger partial charge in [0.25, 0.3) is 0 Å². The van der Waals surface area contributed by atoms with Crippen molar-refractivity contribution in [2.75, 3.05) is 0 Å². The Hall–Kier alpha value is -2.81. The highest BCUT2D eigenvalue weighted by Gasteiger charge is 2.12. The molecule has 3 heterocycles. The standard InChI is InChI=1S/C17H17N7OS/c1-3-8-24-14-5-4-12(9-13(14)21-23-24)16-20-15(25-22-16)10-26-17-18-7-6-11(2)19-17/h4-7,9H,3,8,10H2,1-2H3. The van der Waals surface area contributed by atoms with E-state index in [0.29, 0.717) is 22.6 Å². The molecule has 0 aliphatic carbocycles. The molecule has 0 aliphatic rings. The van der Waals surface area contributed by atoms with E-state index >= 15 is 0 Å². The second-order valence-electron chi connectivity index (χ2n) is 5.80. The molecule has 8 nitrogen and oxygen atoms in total. The van der Waals surface area contributed by atoms with Crippen molar-refractivity contribution in [3.05, 3.63) is 42.0 Å². The molecule has 4 rings (SSSR count). The maximum Gasteiger partial charge on any atom is 0.237 e. The van der Waals surface area contributed by atoms with E-state index in [-0.39, 0.29) is 0 Å². The molecule has 3 aromatic heterocycles. The average molecular weight is 367 g/mol. The Morgan fingerprint density at radius 3 is 2.96 bits per heavy atom. The van der Waals surface area contributed by atoms with Gasteiger partial charge < -0.3 is 4.52 Å². The molecule has 0 amide bonds. The van der Waals surface area contributed by atoms with Crippen molar-refractivity contribution >= 4 is 22.8 Å². The Morgan fingerprint density at radius 2 is 2.12 bits per heavy atom. The van der Waals surface area contributed by atoms with Gasteiger partial charge in [-0.2, -0.15) is 4.98 Å². The van der Waals surface area contributed by atoms with E-state index in [0.717, 1.165) is 35.3 Å². The normalized spacial score (nSPS) is 11.3. The van der Waals surface area contributed by atoms with Crippen molar-refractivity contribution in [3.63, 3.8) is 0 Å². The zero-order valence-corrected chi connectivity index (χ0v) is 15.3. The Morgan fingerprint density at radius 1 is 1.19 bits per heavy atom. The lowest BCUT2D eigenvalue weighted by Gasteiger charge is -1.99. The van der Waals surface area contributed by atoms with Gasteiger partial charge in [-0.1, -0.05) is 29.1 Å². The van der Waals surface area contributed by atoms with Crippen LogP contribution in [0, 0.1) is 6.92 Å². The van der Waals surface area contributed by atoms with Gasteiger partial charge in [0.15, 0.2) is 5.16 Å². The number of aryl methyl sites for hydroxylation is 2. The summed E-state index contributed by atoms with van der Waals surface area (Å²) in [6.07, 6.45) is 2.75. The lowest BCUT2D eigenvalue weighted by Crippen LogP contribution is -1.98. The summed E-state index contributed by atoms with van der Waals surface area (Å²) in [6.45, 7) is 4.90. The Balaban J connectivity index is 1.51. The second kappa shape index (κ2) is 7.20. The first-order valence-electron chi connectivity index (χ1n) is 8.31. The van der Waals surface area contributed by atoms with Crippen LogP contribution < -0.4 is 0 Å². The van der Waals surface area contributed by atoms with Crippen molar-refractivity contribution in [1.82, 2.24) is 35.1 Å². The Bertz CT molecular complexity index is 1040. The van der Waals surface area contributed by atoms with Crippen LogP contribution in [0.4, 0.5) is 0 Å². The summed E-state index contributed by atoms with van der Waals surface area (Å²) in [5, 5.41) is 13.2. The van der Waals surface area contributed by atoms with Gasteiger partial charge in [0, 0.05) is 24.0 Å². The predicted molar refractivity (Wildman–Crippen MR) is 97.4 cm³/mol. The van der Waals surface area contributed by atoms with Gasteiger partial charge in [0.05, 0.1) is 11.3 Å². The minimum atomic E-state index is 0.519. The molecule has 4 aromatic rings. The number of nitrogens with zero attached hydrogens (tertiary/aromatic N) is 7. The van der Waals surface area contributed by atoms with Crippen LogP contribution in [0.1, 0.15) is 24.9 Å². The van der Waals surface area contributed by atoms with Crippen LogP contribution >= 0.6 is 11.8 Å². The van der Waals surface area contributed by atoms with Crippen molar-refractivity contribution in [1.29, 1.82) is 0 Å². The Kier molecular flexibility index (Phi) is 4.61. The van der Waals surface area contributed by atoms with Crippen LogP contribution in [-0.2, 0) is 12.3 Å². The van der Waals surface area contributed by atoms with Crippen LogP contribution in [0.3, 0.4) is 0 Å². The van der Waals surface area contributed by atoms with Crippen LogP contribution in [0.25, 0.3) is 22.4 Å². The molecule has 26 heavy (non-hydrogen) atoms. The van der Waals surface area contributed by atoms with Crippen LogP contribution in [0.2, 0.25) is 0 Å². The summed E-state index contributed by atoms with van der Waals surface area (Å²) in [5.74, 6) is 1.59. The van der Waals surface area contributed by atoms with E-state index in [1.807, 2.05) is 35.9 Å². The lowest BCUT2D eigenvalue weighted by atomic mass is 10.2. The molecular formula is C17H17N7OS. The fourth-order valence-corrected chi connectivity index (χ4v) is 3.25. The van der Waals surface area contributed by atoms with Gasteiger partial charge in [0.2, 0.25) is 11.7 Å². The van der Waals surface area contributed by atoms with E-state index < -0.39 is 0 Å². The SMILES string of the molecule is CCCn1nnc2cc(-c3noc(CSc4nccc(C)n4)n3)ccc21. The maximum atomic E-state index is 5.35. The second-order valence-corrected chi connectivity index (χ2v) is 6.74. The van der Waals surface area contributed by atoms with Gasteiger partial charge in [-0.15, -0.1) is 5.10 Å². The zero-order chi connectivity index (χ0) is 17.9. The number of thioether (sulfide) groups is 1. The molecule has 1 aromatic carbocycles. The van der Waals surface area contributed by atoms with Crippen molar-refractivity contribution in [2.45, 2.75) is 37.7 Å². The third-order valence-electron chi connectivity index (χ3n) is 3.77. The summed E-state index contributed by atoms with van der Waals surface area (Å²) in [6, 6.07) is 7.75. The molecule has 132 valence electrons. The fraction of sp³-hybridized carbons (Fsp3) is 0.294. The molecule has 0 saturated heterocycles. The Labute approximate surface area is 154 Å². The topological polar surface area (TPSA) is 95.4 Å². The smallest absolute Gasteiger partial charge is 0.237 e. The summed E-state index contributed by atoms with van der Waals surface area (Å²) in [7, 11) is 0. The van der Waals surface area contributed by atoms with Gasteiger partial charge >= 0.3 is 0 Å². The molecule has 0 radical (unpaired) electrons. The molecule has 0 spiro atoms. The molecule has 0 fully saturated rings. The highest BCUT2D eigenvalue weighted by molar-refractivity contribution is 7.98. The third kappa shape index (κ3) is 3.43. The number of hydrogen-bond donors (Lipinski definition) is 0. The number of hydrogen-bond acceptors (Lipinski definition) is 8. The largest absolute Gasteiger partial charge is 0.338 e. The number of fused-ring (bicyclic) bond motifs is 1. The van der Waals surface area contributed by atoms with Crippen molar-refractivity contribution in [3.8, 4) is 11.4 Å². The fourth-order valence-electron chi connectivity index (χ4n) is 2.54. The van der Waals surface area contributed by atoms with E-state index in [4.69, 9.17) is 4.52 Å². The van der Waals surface area contributed by atoms with Crippen LogP contribution in [0.15, 0.2) is 40.1 Å². The number of rotatable bonds is 6. The molecule has 0 N–H and O–H groups in total. The molecular weight excluding hydrogens is 350 g/mol. The molecule has 0 unspecified atom stereocenters. The van der Waals surface area contributed by atoms with E-state index in [1.54, 1.807) is 6.20 Å². The van der Waals surface area contributed by atoms with Gasteiger partial charge in [0.1, 0.15) is 5.52 Å². The summed E-state index contributed by atoms with van der Waals surface area (Å²) < 4.78 is 7.25.